The molecule has 0 rings (SSSR count). The lowest BCUT2D eigenvalue weighted by Gasteiger charge is -2.34. The van der Waals surface area contributed by atoms with Gasteiger partial charge in [0.2, 0.25) is 5.91 Å². The van der Waals surface area contributed by atoms with Crippen molar-refractivity contribution < 1.29 is 4.79 Å². The van der Waals surface area contributed by atoms with Gasteiger partial charge in [-0.15, -0.1) is 6.58 Å². The molecule has 0 aromatic heterocycles. The SMILES string of the molecule is C=CCN(C(=O)CCBr)C(C)(C)C. The maximum atomic E-state index is 11.6. The van der Waals surface area contributed by atoms with Crippen LogP contribution in [-0.2, 0) is 4.79 Å². The molecule has 76 valence electrons. The highest BCUT2D eigenvalue weighted by Crippen LogP contribution is 2.14. The molecule has 0 atom stereocenters. The van der Waals surface area contributed by atoms with Gasteiger partial charge < -0.3 is 4.90 Å². The third kappa shape index (κ3) is 4.46. The van der Waals surface area contributed by atoms with Gasteiger partial charge in [-0.1, -0.05) is 22.0 Å². The molecule has 0 N–H and O–H groups in total. The highest BCUT2D eigenvalue weighted by molar-refractivity contribution is 9.09. The van der Waals surface area contributed by atoms with Crippen molar-refractivity contribution in [2.45, 2.75) is 32.7 Å². The van der Waals surface area contributed by atoms with E-state index < -0.39 is 0 Å². The van der Waals surface area contributed by atoms with Crippen LogP contribution in [0.5, 0.6) is 0 Å². The fraction of sp³-hybridized carbons (Fsp3) is 0.700. The predicted molar refractivity (Wildman–Crippen MR) is 60.1 cm³/mol. The summed E-state index contributed by atoms with van der Waals surface area (Å²) in [5.41, 5.74) is -0.118. The van der Waals surface area contributed by atoms with Crippen LogP contribution in [0.2, 0.25) is 0 Å². The van der Waals surface area contributed by atoms with Crippen molar-refractivity contribution in [2.75, 3.05) is 11.9 Å². The molecule has 0 aliphatic carbocycles. The Morgan fingerprint density at radius 2 is 2.08 bits per heavy atom. The van der Waals surface area contributed by atoms with Crippen molar-refractivity contribution in [2.24, 2.45) is 0 Å². The molecule has 1 amide bonds. The first-order valence-electron chi connectivity index (χ1n) is 4.40. The molecule has 0 aromatic rings. The van der Waals surface area contributed by atoms with E-state index in [2.05, 4.69) is 22.5 Å². The molecule has 0 bridgehead atoms. The molecule has 0 saturated carbocycles. The summed E-state index contributed by atoms with van der Waals surface area (Å²) in [5.74, 6) is 0.171. The van der Waals surface area contributed by atoms with Crippen LogP contribution in [0.1, 0.15) is 27.2 Å². The van der Waals surface area contributed by atoms with Crippen LogP contribution >= 0.6 is 15.9 Å². The average molecular weight is 248 g/mol. The minimum Gasteiger partial charge on any atom is -0.334 e. The van der Waals surface area contributed by atoms with E-state index in [0.29, 0.717) is 13.0 Å². The van der Waals surface area contributed by atoms with Crippen LogP contribution in [0.4, 0.5) is 0 Å². The largest absolute Gasteiger partial charge is 0.334 e. The number of hydrogen-bond acceptors (Lipinski definition) is 1. The van der Waals surface area contributed by atoms with E-state index >= 15 is 0 Å². The molecular formula is C10H18BrNO. The molecule has 0 aliphatic heterocycles. The summed E-state index contributed by atoms with van der Waals surface area (Å²) < 4.78 is 0. The maximum Gasteiger partial charge on any atom is 0.224 e. The zero-order valence-electron chi connectivity index (χ0n) is 8.64. The number of halogens is 1. The van der Waals surface area contributed by atoms with Gasteiger partial charge >= 0.3 is 0 Å². The Morgan fingerprint density at radius 1 is 1.54 bits per heavy atom. The van der Waals surface area contributed by atoms with Crippen molar-refractivity contribution in [1.82, 2.24) is 4.90 Å². The quantitative estimate of drug-likeness (QED) is 0.553. The summed E-state index contributed by atoms with van der Waals surface area (Å²) in [5, 5.41) is 0.718. The standard InChI is InChI=1S/C10H18BrNO/c1-5-8-12(10(2,3)4)9(13)6-7-11/h5H,1,6-8H2,2-4H3. The summed E-state index contributed by atoms with van der Waals surface area (Å²) in [6, 6.07) is 0. The van der Waals surface area contributed by atoms with Crippen LogP contribution in [0.3, 0.4) is 0 Å². The minimum atomic E-state index is -0.118. The molecule has 3 heteroatoms. The van der Waals surface area contributed by atoms with Crippen LogP contribution in [0, 0.1) is 0 Å². The number of alkyl halides is 1. The molecule has 0 spiro atoms. The third-order valence-corrected chi connectivity index (χ3v) is 2.13. The fourth-order valence-corrected chi connectivity index (χ4v) is 1.43. The second-order valence-electron chi connectivity index (χ2n) is 3.90. The summed E-state index contributed by atoms with van der Waals surface area (Å²) in [7, 11) is 0. The van der Waals surface area contributed by atoms with E-state index in [1.165, 1.54) is 0 Å². The Kier molecular flexibility index (Phi) is 5.30. The molecule has 0 aromatic carbocycles. The summed E-state index contributed by atoms with van der Waals surface area (Å²) in [6.45, 7) is 10.4. The minimum absolute atomic E-state index is 0.118. The molecule has 13 heavy (non-hydrogen) atoms. The van der Waals surface area contributed by atoms with Crippen molar-refractivity contribution in [3.63, 3.8) is 0 Å². The Bertz CT molecular complexity index is 184. The number of carbonyl (C=O) groups excluding carboxylic acids is 1. The van der Waals surface area contributed by atoms with Gasteiger partial charge in [-0.2, -0.15) is 0 Å². The lowest BCUT2D eigenvalue weighted by atomic mass is 10.1. The number of rotatable bonds is 4. The van der Waals surface area contributed by atoms with Crippen LogP contribution in [-0.4, -0.2) is 28.2 Å². The van der Waals surface area contributed by atoms with Crippen molar-refractivity contribution in [3.8, 4) is 0 Å². The highest BCUT2D eigenvalue weighted by Gasteiger charge is 2.24. The van der Waals surface area contributed by atoms with Crippen LogP contribution in [0.25, 0.3) is 0 Å². The lowest BCUT2D eigenvalue weighted by Crippen LogP contribution is -2.45. The second kappa shape index (κ2) is 5.43. The van der Waals surface area contributed by atoms with Gasteiger partial charge in [-0.25, -0.2) is 0 Å². The number of hydrogen-bond donors (Lipinski definition) is 0. The maximum absolute atomic E-state index is 11.6. The number of amides is 1. The monoisotopic (exact) mass is 247 g/mol. The van der Waals surface area contributed by atoms with Crippen molar-refractivity contribution >= 4 is 21.8 Å². The van der Waals surface area contributed by atoms with E-state index in [1.807, 2.05) is 25.7 Å². The molecule has 0 heterocycles. The van der Waals surface area contributed by atoms with Crippen molar-refractivity contribution in [1.29, 1.82) is 0 Å². The Hall–Kier alpha value is -0.310. The van der Waals surface area contributed by atoms with Gasteiger partial charge in [0.15, 0.2) is 0 Å². The third-order valence-electron chi connectivity index (χ3n) is 1.73. The van der Waals surface area contributed by atoms with Crippen molar-refractivity contribution in [3.05, 3.63) is 12.7 Å². The highest BCUT2D eigenvalue weighted by atomic mass is 79.9. The van der Waals surface area contributed by atoms with E-state index in [1.54, 1.807) is 6.08 Å². The molecule has 0 aliphatic rings. The first kappa shape index (κ1) is 12.7. The molecule has 2 nitrogen and oxygen atoms in total. The summed E-state index contributed by atoms with van der Waals surface area (Å²) >= 11 is 3.26. The Labute approximate surface area is 89.1 Å². The molecule has 0 fully saturated rings. The zero-order valence-corrected chi connectivity index (χ0v) is 10.2. The Morgan fingerprint density at radius 3 is 2.38 bits per heavy atom. The zero-order chi connectivity index (χ0) is 10.5. The van der Waals surface area contributed by atoms with Gasteiger partial charge in [0.25, 0.3) is 0 Å². The van der Waals surface area contributed by atoms with Gasteiger partial charge in [0, 0.05) is 23.8 Å². The normalized spacial score (nSPS) is 11.1. The average Bonchev–Trinajstić information content (AvgIpc) is 1.98. The Balaban J connectivity index is 4.41. The number of nitrogens with zero attached hydrogens (tertiary/aromatic N) is 1. The second-order valence-corrected chi connectivity index (χ2v) is 4.70. The predicted octanol–water partition coefficient (Wildman–Crippen LogP) is 2.58. The summed E-state index contributed by atoms with van der Waals surface area (Å²) in [6.07, 6.45) is 2.31. The topological polar surface area (TPSA) is 20.3 Å². The molecular weight excluding hydrogens is 230 g/mol. The van der Waals surface area contributed by atoms with E-state index in [4.69, 9.17) is 0 Å². The fourth-order valence-electron chi connectivity index (χ4n) is 1.09. The van der Waals surface area contributed by atoms with E-state index in [-0.39, 0.29) is 11.4 Å². The first-order chi connectivity index (χ1) is 5.93. The van der Waals surface area contributed by atoms with Crippen LogP contribution in [0.15, 0.2) is 12.7 Å². The van der Waals surface area contributed by atoms with Gasteiger partial charge in [-0.05, 0) is 20.8 Å². The molecule has 0 unspecified atom stereocenters. The van der Waals surface area contributed by atoms with E-state index in [0.717, 1.165) is 5.33 Å². The molecule has 0 radical (unpaired) electrons. The first-order valence-corrected chi connectivity index (χ1v) is 5.53. The van der Waals surface area contributed by atoms with Gasteiger partial charge in [0.05, 0.1) is 0 Å². The molecule has 0 saturated heterocycles. The van der Waals surface area contributed by atoms with Gasteiger partial charge in [0.1, 0.15) is 0 Å². The smallest absolute Gasteiger partial charge is 0.224 e. The van der Waals surface area contributed by atoms with Crippen LogP contribution < -0.4 is 0 Å². The van der Waals surface area contributed by atoms with Gasteiger partial charge in [-0.3, -0.25) is 4.79 Å². The number of carbonyl (C=O) groups is 1. The summed E-state index contributed by atoms with van der Waals surface area (Å²) in [4.78, 5) is 13.5. The lowest BCUT2D eigenvalue weighted by molar-refractivity contribution is -0.134. The van der Waals surface area contributed by atoms with E-state index in [9.17, 15) is 4.79 Å².